The molecular formula is C24H53FN2. The molecule has 0 spiro atoms. The molecule has 0 fully saturated rings. The molecule has 0 amide bonds. The topological polar surface area (TPSA) is 15.3 Å². The van der Waals surface area contributed by atoms with Crippen molar-refractivity contribution in [2.24, 2.45) is 0 Å². The fourth-order valence-corrected chi connectivity index (χ4v) is 3.78. The second-order valence-electron chi connectivity index (χ2n) is 8.04. The van der Waals surface area contributed by atoms with Crippen molar-refractivity contribution < 1.29 is 4.70 Å². The summed E-state index contributed by atoms with van der Waals surface area (Å²) in [6, 6.07) is 0. The summed E-state index contributed by atoms with van der Waals surface area (Å²) in [4.78, 5) is 2.55. The SMILES string of the molecule is CCNCCCCCCCCCCCCCCCCCCN(CC)CC.F. The zero-order chi connectivity index (χ0) is 19.1. The van der Waals surface area contributed by atoms with E-state index in [9.17, 15) is 0 Å². The van der Waals surface area contributed by atoms with Crippen LogP contribution in [0.4, 0.5) is 4.70 Å². The molecule has 0 aliphatic heterocycles. The van der Waals surface area contributed by atoms with Crippen molar-refractivity contribution in [1.29, 1.82) is 0 Å². The maximum Gasteiger partial charge on any atom is -0.00190 e. The molecule has 0 saturated carbocycles. The van der Waals surface area contributed by atoms with Crippen molar-refractivity contribution in [1.82, 2.24) is 10.2 Å². The second kappa shape index (κ2) is 25.9. The molecule has 0 aliphatic carbocycles. The van der Waals surface area contributed by atoms with Crippen LogP contribution in [0.3, 0.4) is 0 Å². The highest BCUT2D eigenvalue weighted by Crippen LogP contribution is 2.13. The Morgan fingerprint density at radius 2 is 0.815 bits per heavy atom. The predicted octanol–water partition coefficient (Wildman–Crippen LogP) is 7.33. The molecular weight excluding hydrogens is 335 g/mol. The molecule has 0 bridgehead atoms. The summed E-state index contributed by atoms with van der Waals surface area (Å²) in [5.41, 5.74) is 0. The van der Waals surface area contributed by atoms with Crippen LogP contribution in [0.5, 0.6) is 0 Å². The number of unbranched alkanes of at least 4 members (excludes halogenated alkanes) is 15. The Bertz CT molecular complexity index is 245. The lowest BCUT2D eigenvalue weighted by Gasteiger charge is -2.17. The van der Waals surface area contributed by atoms with Gasteiger partial charge in [0.2, 0.25) is 0 Å². The summed E-state index contributed by atoms with van der Waals surface area (Å²) in [7, 11) is 0. The normalized spacial score (nSPS) is 11.1. The van der Waals surface area contributed by atoms with Gasteiger partial charge < -0.3 is 10.2 Å². The van der Waals surface area contributed by atoms with Gasteiger partial charge in [-0.05, 0) is 45.6 Å². The van der Waals surface area contributed by atoms with Crippen molar-refractivity contribution in [2.45, 2.75) is 124 Å². The molecule has 0 aliphatic rings. The first-order valence-electron chi connectivity index (χ1n) is 12.3. The minimum atomic E-state index is 0. The number of halogens is 1. The van der Waals surface area contributed by atoms with E-state index in [-0.39, 0.29) is 4.70 Å². The van der Waals surface area contributed by atoms with E-state index in [0.717, 1.165) is 6.54 Å². The molecule has 27 heavy (non-hydrogen) atoms. The summed E-state index contributed by atoms with van der Waals surface area (Å²) < 4.78 is 0. The summed E-state index contributed by atoms with van der Waals surface area (Å²) in [6.45, 7) is 12.8. The molecule has 3 heteroatoms. The average Bonchev–Trinajstić information content (AvgIpc) is 2.66. The van der Waals surface area contributed by atoms with Crippen LogP contribution in [0.15, 0.2) is 0 Å². The molecule has 0 aromatic carbocycles. The van der Waals surface area contributed by atoms with Crippen molar-refractivity contribution in [3.8, 4) is 0 Å². The van der Waals surface area contributed by atoms with Gasteiger partial charge in [-0.15, -0.1) is 0 Å². The number of nitrogens with one attached hydrogen (secondary N) is 1. The third-order valence-electron chi connectivity index (χ3n) is 5.72. The van der Waals surface area contributed by atoms with Gasteiger partial charge in [0, 0.05) is 0 Å². The van der Waals surface area contributed by atoms with Gasteiger partial charge in [0.15, 0.2) is 0 Å². The number of hydrogen-bond acceptors (Lipinski definition) is 2. The molecule has 0 saturated heterocycles. The van der Waals surface area contributed by atoms with Crippen molar-refractivity contribution in [2.75, 3.05) is 32.7 Å². The van der Waals surface area contributed by atoms with Gasteiger partial charge >= 0.3 is 0 Å². The summed E-state index contributed by atoms with van der Waals surface area (Å²) in [6.07, 6.45) is 23.2. The Morgan fingerprint density at radius 3 is 1.15 bits per heavy atom. The largest absolute Gasteiger partial charge is 0.317 e. The number of hydrogen-bond donors (Lipinski definition) is 1. The molecule has 0 unspecified atom stereocenters. The maximum absolute atomic E-state index is 3.41. The van der Waals surface area contributed by atoms with E-state index < -0.39 is 0 Å². The van der Waals surface area contributed by atoms with Crippen LogP contribution < -0.4 is 5.32 Å². The summed E-state index contributed by atoms with van der Waals surface area (Å²) in [5.74, 6) is 0. The Balaban J connectivity index is 0. The third-order valence-corrected chi connectivity index (χ3v) is 5.72. The zero-order valence-corrected chi connectivity index (χ0v) is 19.2. The van der Waals surface area contributed by atoms with Gasteiger partial charge in [-0.3, -0.25) is 4.70 Å². The van der Waals surface area contributed by atoms with Gasteiger partial charge in [-0.25, -0.2) is 0 Å². The lowest BCUT2D eigenvalue weighted by molar-refractivity contribution is 0.295. The maximum atomic E-state index is 3.41. The Hall–Kier alpha value is -0.150. The van der Waals surface area contributed by atoms with E-state index >= 15 is 0 Å². The molecule has 0 heterocycles. The van der Waals surface area contributed by atoms with E-state index in [4.69, 9.17) is 0 Å². The van der Waals surface area contributed by atoms with Crippen molar-refractivity contribution >= 4 is 0 Å². The number of nitrogens with zero attached hydrogens (tertiary/aromatic N) is 1. The van der Waals surface area contributed by atoms with Gasteiger partial charge in [0.05, 0.1) is 0 Å². The van der Waals surface area contributed by atoms with E-state index in [0.29, 0.717) is 0 Å². The fourth-order valence-electron chi connectivity index (χ4n) is 3.78. The van der Waals surface area contributed by atoms with Crippen LogP contribution in [-0.4, -0.2) is 37.6 Å². The van der Waals surface area contributed by atoms with Crippen LogP contribution in [0, 0.1) is 0 Å². The van der Waals surface area contributed by atoms with Crippen molar-refractivity contribution in [3.63, 3.8) is 0 Å². The van der Waals surface area contributed by atoms with Crippen LogP contribution in [0.2, 0.25) is 0 Å². The van der Waals surface area contributed by atoms with Crippen LogP contribution in [0.25, 0.3) is 0 Å². The lowest BCUT2D eigenvalue weighted by Crippen LogP contribution is -2.23. The zero-order valence-electron chi connectivity index (χ0n) is 19.2. The van der Waals surface area contributed by atoms with E-state index in [1.807, 2.05) is 0 Å². The van der Waals surface area contributed by atoms with Gasteiger partial charge in [-0.2, -0.15) is 0 Å². The fraction of sp³-hybridized carbons (Fsp3) is 1.00. The van der Waals surface area contributed by atoms with Crippen molar-refractivity contribution in [3.05, 3.63) is 0 Å². The average molecular weight is 389 g/mol. The standard InChI is InChI=1S/C24H52N2.FH/c1-4-25-23-21-19-17-15-13-11-9-7-8-10-12-14-16-18-20-22-24-26(5-2)6-3;/h25H,4-24H2,1-3H3;1H. The summed E-state index contributed by atoms with van der Waals surface area (Å²) in [5, 5.41) is 3.41. The first-order valence-corrected chi connectivity index (χ1v) is 12.3. The van der Waals surface area contributed by atoms with Gasteiger partial charge in [0.1, 0.15) is 0 Å². The monoisotopic (exact) mass is 388 g/mol. The second-order valence-corrected chi connectivity index (χ2v) is 8.04. The predicted molar refractivity (Wildman–Crippen MR) is 123 cm³/mol. The Morgan fingerprint density at radius 1 is 0.481 bits per heavy atom. The quantitative estimate of drug-likeness (QED) is 0.195. The van der Waals surface area contributed by atoms with E-state index in [1.54, 1.807) is 0 Å². The number of rotatable bonds is 22. The highest BCUT2D eigenvalue weighted by molar-refractivity contribution is 4.54. The van der Waals surface area contributed by atoms with Crippen LogP contribution >= 0.6 is 0 Å². The highest BCUT2D eigenvalue weighted by atomic mass is 19.0. The third kappa shape index (κ3) is 23.8. The molecule has 2 nitrogen and oxygen atoms in total. The molecule has 1 N–H and O–H groups in total. The molecule has 0 aromatic heterocycles. The first-order chi connectivity index (χ1) is 12.8. The van der Waals surface area contributed by atoms with Crippen LogP contribution in [-0.2, 0) is 0 Å². The van der Waals surface area contributed by atoms with Crippen LogP contribution in [0.1, 0.15) is 124 Å². The lowest BCUT2D eigenvalue weighted by atomic mass is 10.0. The minimum absolute atomic E-state index is 0. The smallest absolute Gasteiger partial charge is 0.00190 e. The Kier molecular flexibility index (Phi) is 27.8. The molecule has 0 aromatic rings. The molecule has 0 rings (SSSR count). The van der Waals surface area contributed by atoms with E-state index in [1.165, 1.54) is 129 Å². The first kappa shape index (κ1) is 29.1. The molecule has 0 radical (unpaired) electrons. The molecule has 0 atom stereocenters. The Labute approximate surface area is 171 Å². The highest BCUT2D eigenvalue weighted by Gasteiger charge is 1.98. The van der Waals surface area contributed by atoms with E-state index in [2.05, 4.69) is 31.0 Å². The minimum Gasteiger partial charge on any atom is -0.317 e. The summed E-state index contributed by atoms with van der Waals surface area (Å²) >= 11 is 0. The molecule has 166 valence electrons. The van der Waals surface area contributed by atoms with Gasteiger partial charge in [-0.1, -0.05) is 111 Å². The van der Waals surface area contributed by atoms with Gasteiger partial charge in [0.25, 0.3) is 0 Å².